The third kappa shape index (κ3) is 3.26. The lowest BCUT2D eigenvalue weighted by Crippen LogP contribution is -2.13. The van der Waals surface area contributed by atoms with Crippen LogP contribution in [0.5, 0.6) is 0 Å². The third-order valence-corrected chi connectivity index (χ3v) is 5.04. The highest BCUT2D eigenvalue weighted by atomic mass is 35.5. The first-order valence-corrected chi connectivity index (χ1v) is 8.08. The normalized spacial score (nSPS) is 11.4. The molecule has 0 fully saturated rings. The van der Waals surface area contributed by atoms with E-state index in [-0.39, 0.29) is 9.92 Å². The summed E-state index contributed by atoms with van der Waals surface area (Å²) in [7, 11) is -3.73. The average molecular weight is 330 g/mol. The number of halogens is 2. The highest BCUT2D eigenvalue weighted by Crippen LogP contribution is 2.27. The third-order valence-electron chi connectivity index (χ3n) is 2.94. The zero-order valence-corrected chi connectivity index (χ0v) is 13.3. The summed E-state index contributed by atoms with van der Waals surface area (Å²) >= 11 is 11.7. The van der Waals surface area contributed by atoms with Crippen molar-refractivity contribution in [3.05, 3.63) is 57.6 Å². The van der Waals surface area contributed by atoms with Gasteiger partial charge in [-0.2, -0.15) is 0 Å². The maximum Gasteiger partial charge on any atom is 0.263 e. The SMILES string of the molecule is Cc1ccc(NS(=O)(=O)c2ccc(Cl)cc2Cl)cc1C. The van der Waals surface area contributed by atoms with E-state index in [4.69, 9.17) is 23.2 Å². The second-order valence-corrected chi connectivity index (χ2v) is 6.97. The van der Waals surface area contributed by atoms with E-state index in [1.165, 1.54) is 18.2 Å². The van der Waals surface area contributed by atoms with Crippen LogP contribution >= 0.6 is 23.2 Å². The van der Waals surface area contributed by atoms with Crippen LogP contribution in [0.15, 0.2) is 41.3 Å². The van der Waals surface area contributed by atoms with Gasteiger partial charge in [-0.3, -0.25) is 4.72 Å². The topological polar surface area (TPSA) is 46.2 Å². The van der Waals surface area contributed by atoms with E-state index in [1.54, 1.807) is 12.1 Å². The van der Waals surface area contributed by atoms with Crippen LogP contribution in [0.2, 0.25) is 10.0 Å². The Kier molecular flexibility index (Phi) is 4.28. The molecule has 0 heterocycles. The predicted molar refractivity (Wildman–Crippen MR) is 83.2 cm³/mol. The molecule has 20 heavy (non-hydrogen) atoms. The highest BCUT2D eigenvalue weighted by molar-refractivity contribution is 7.92. The molecule has 2 rings (SSSR count). The summed E-state index contributed by atoms with van der Waals surface area (Å²) in [5, 5.41) is 0.481. The Bertz CT molecular complexity index is 758. The van der Waals surface area contributed by atoms with E-state index < -0.39 is 10.0 Å². The Morgan fingerprint density at radius 1 is 0.950 bits per heavy atom. The van der Waals surface area contributed by atoms with Gasteiger partial charge < -0.3 is 0 Å². The zero-order chi connectivity index (χ0) is 14.9. The lowest BCUT2D eigenvalue weighted by Gasteiger charge is -2.11. The Morgan fingerprint density at radius 2 is 1.65 bits per heavy atom. The first kappa shape index (κ1) is 15.2. The molecule has 0 atom stereocenters. The fraction of sp³-hybridized carbons (Fsp3) is 0.143. The predicted octanol–water partition coefficient (Wildman–Crippen LogP) is 4.41. The largest absolute Gasteiger partial charge is 0.280 e. The molecule has 0 saturated carbocycles. The number of hydrogen-bond donors (Lipinski definition) is 1. The molecule has 1 N–H and O–H groups in total. The van der Waals surface area contributed by atoms with E-state index in [1.807, 2.05) is 19.9 Å². The minimum Gasteiger partial charge on any atom is -0.280 e. The van der Waals surface area contributed by atoms with Crippen molar-refractivity contribution >= 4 is 38.9 Å². The van der Waals surface area contributed by atoms with E-state index in [9.17, 15) is 8.42 Å². The van der Waals surface area contributed by atoms with Gasteiger partial charge in [-0.1, -0.05) is 29.3 Å². The summed E-state index contributed by atoms with van der Waals surface area (Å²) in [6.07, 6.45) is 0. The zero-order valence-electron chi connectivity index (χ0n) is 10.9. The van der Waals surface area contributed by atoms with Crippen molar-refractivity contribution in [2.24, 2.45) is 0 Å². The molecule has 0 aliphatic rings. The Morgan fingerprint density at radius 3 is 2.25 bits per heavy atom. The lowest BCUT2D eigenvalue weighted by atomic mass is 10.1. The molecule has 0 radical (unpaired) electrons. The number of sulfonamides is 1. The molecule has 3 nitrogen and oxygen atoms in total. The number of rotatable bonds is 3. The molecule has 6 heteroatoms. The van der Waals surface area contributed by atoms with Crippen LogP contribution in [0.1, 0.15) is 11.1 Å². The van der Waals surface area contributed by atoms with Crippen LogP contribution in [0.25, 0.3) is 0 Å². The molecular weight excluding hydrogens is 317 g/mol. The molecule has 0 unspecified atom stereocenters. The van der Waals surface area contributed by atoms with Crippen molar-refractivity contribution in [1.82, 2.24) is 0 Å². The fourth-order valence-corrected chi connectivity index (χ4v) is 3.53. The Hall–Kier alpha value is -1.23. The summed E-state index contributed by atoms with van der Waals surface area (Å²) in [6, 6.07) is 9.62. The first-order chi connectivity index (χ1) is 9.29. The molecule has 106 valence electrons. The molecular formula is C14H13Cl2NO2S. The van der Waals surface area contributed by atoms with Gasteiger partial charge in [0.25, 0.3) is 10.0 Å². The van der Waals surface area contributed by atoms with E-state index in [0.29, 0.717) is 10.7 Å². The van der Waals surface area contributed by atoms with Crippen molar-refractivity contribution < 1.29 is 8.42 Å². The molecule has 0 aromatic heterocycles. The van der Waals surface area contributed by atoms with E-state index in [0.717, 1.165) is 11.1 Å². The lowest BCUT2D eigenvalue weighted by molar-refractivity contribution is 0.601. The fourth-order valence-electron chi connectivity index (χ4n) is 1.71. The molecule has 2 aromatic carbocycles. The van der Waals surface area contributed by atoms with Crippen LogP contribution in [-0.2, 0) is 10.0 Å². The Labute approximate surface area is 128 Å². The molecule has 0 aliphatic heterocycles. The highest BCUT2D eigenvalue weighted by Gasteiger charge is 2.18. The van der Waals surface area contributed by atoms with Gasteiger partial charge in [-0.25, -0.2) is 8.42 Å². The van der Waals surface area contributed by atoms with Crippen molar-refractivity contribution in [3.63, 3.8) is 0 Å². The van der Waals surface area contributed by atoms with E-state index >= 15 is 0 Å². The van der Waals surface area contributed by atoms with Gasteiger partial charge in [0, 0.05) is 10.7 Å². The van der Waals surface area contributed by atoms with Crippen LogP contribution in [0.4, 0.5) is 5.69 Å². The molecule has 2 aromatic rings. The van der Waals surface area contributed by atoms with Crippen molar-refractivity contribution in [2.45, 2.75) is 18.7 Å². The summed E-state index contributed by atoms with van der Waals surface area (Å²) in [5.41, 5.74) is 2.60. The van der Waals surface area contributed by atoms with Crippen molar-refractivity contribution in [3.8, 4) is 0 Å². The summed E-state index contributed by atoms with van der Waals surface area (Å²) in [4.78, 5) is 0.00166. The number of benzene rings is 2. The van der Waals surface area contributed by atoms with Crippen LogP contribution in [0, 0.1) is 13.8 Å². The number of nitrogens with one attached hydrogen (secondary N) is 1. The number of aryl methyl sites for hydroxylation is 2. The van der Waals surface area contributed by atoms with Gasteiger partial charge in [0.15, 0.2) is 0 Å². The van der Waals surface area contributed by atoms with Crippen LogP contribution in [-0.4, -0.2) is 8.42 Å². The maximum absolute atomic E-state index is 12.3. The summed E-state index contributed by atoms with van der Waals surface area (Å²) in [5.74, 6) is 0. The van der Waals surface area contributed by atoms with Gasteiger partial charge in [-0.05, 0) is 55.3 Å². The number of hydrogen-bond acceptors (Lipinski definition) is 2. The monoisotopic (exact) mass is 329 g/mol. The number of anilines is 1. The second kappa shape index (κ2) is 5.64. The van der Waals surface area contributed by atoms with E-state index in [2.05, 4.69) is 4.72 Å². The van der Waals surface area contributed by atoms with Gasteiger partial charge >= 0.3 is 0 Å². The molecule has 0 aliphatic carbocycles. The second-order valence-electron chi connectivity index (χ2n) is 4.48. The van der Waals surface area contributed by atoms with Crippen LogP contribution in [0.3, 0.4) is 0 Å². The summed E-state index contributed by atoms with van der Waals surface area (Å²) < 4.78 is 27.1. The maximum atomic E-state index is 12.3. The molecule has 0 amide bonds. The van der Waals surface area contributed by atoms with Gasteiger partial charge in [0.2, 0.25) is 0 Å². The summed E-state index contributed by atoms with van der Waals surface area (Å²) in [6.45, 7) is 3.88. The van der Waals surface area contributed by atoms with Crippen molar-refractivity contribution in [2.75, 3.05) is 4.72 Å². The molecule has 0 bridgehead atoms. The first-order valence-electron chi connectivity index (χ1n) is 5.85. The van der Waals surface area contributed by atoms with Gasteiger partial charge in [0.1, 0.15) is 4.90 Å². The molecule has 0 spiro atoms. The quantitative estimate of drug-likeness (QED) is 0.906. The average Bonchev–Trinajstić information content (AvgIpc) is 2.33. The van der Waals surface area contributed by atoms with Crippen LogP contribution < -0.4 is 4.72 Å². The standard InChI is InChI=1S/C14H13Cl2NO2S/c1-9-3-5-12(7-10(9)2)17-20(18,19)14-6-4-11(15)8-13(14)16/h3-8,17H,1-2H3. The molecule has 0 saturated heterocycles. The van der Waals surface area contributed by atoms with Crippen molar-refractivity contribution in [1.29, 1.82) is 0 Å². The van der Waals surface area contributed by atoms with Gasteiger partial charge in [0.05, 0.1) is 5.02 Å². The minimum atomic E-state index is -3.73. The smallest absolute Gasteiger partial charge is 0.263 e. The minimum absolute atomic E-state index is 0.00166. The van der Waals surface area contributed by atoms with Gasteiger partial charge in [-0.15, -0.1) is 0 Å². The Balaban J connectivity index is 2.38.